The number of hydrogen-bond donors (Lipinski definition) is 0. The van der Waals surface area contributed by atoms with Crippen LogP contribution in [0.2, 0.25) is 0 Å². The molecule has 2 aromatic carbocycles. The van der Waals surface area contributed by atoms with Gasteiger partial charge in [-0.25, -0.2) is 4.79 Å². The van der Waals surface area contributed by atoms with Gasteiger partial charge >= 0.3 is 12.3 Å². The van der Waals surface area contributed by atoms with Gasteiger partial charge in [0.25, 0.3) is 11.8 Å². The topological polar surface area (TPSA) is 88.6 Å². The summed E-state index contributed by atoms with van der Waals surface area (Å²) >= 11 is 0. The Balaban J connectivity index is 1.62. The lowest BCUT2D eigenvalue weighted by Crippen LogP contribution is -2.53. The summed E-state index contributed by atoms with van der Waals surface area (Å²) in [6.45, 7) is 7.62. The zero-order chi connectivity index (χ0) is 32.2. The number of amides is 3. The minimum Gasteiger partial charge on any atom is -0.476 e. The normalized spacial score (nSPS) is 17.8. The average molecular weight is 620 g/mol. The Morgan fingerprint density at radius 1 is 1.14 bits per heavy atom. The van der Waals surface area contributed by atoms with Crippen LogP contribution in [0.15, 0.2) is 42.5 Å². The number of unbranched alkanes of at least 4 members (excludes halogenated alkanes) is 1. The molecule has 0 radical (unpaired) electrons. The maximum absolute atomic E-state index is 14.5. The van der Waals surface area contributed by atoms with Gasteiger partial charge in [0.1, 0.15) is 12.4 Å². The van der Waals surface area contributed by atoms with E-state index in [4.69, 9.17) is 14.2 Å². The quantitative estimate of drug-likeness (QED) is 0.308. The number of nitrogens with zero attached hydrogens (tertiary/aromatic N) is 3. The second kappa shape index (κ2) is 13.5. The van der Waals surface area contributed by atoms with Crippen LogP contribution in [0.1, 0.15) is 68.4 Å². The van der Waals surface area contributed by atoms with Crippen LogP contribution in [0.4, 0.5) is 23.7 Å². The van der Waals surface area contributed by atoms with E-state index in [9.17, 15) is 27.6 Å². The van der Waals surface area contributed by atoms with Crippen LogP contribution >= 0.6 is 0 Å². The molecule has 0 N–H and O–H groups in total. The number of anilines is 1. The summed E-state index contributed by atoms with van der Waals surface area (Å²) in [6.07, 6.45) is -3.88. The molecule has 12 heteroatoms. The predicted octanol–water partition coefficient (Wildman–Crippen LogP) is 5.90. The van der Waals surface area contributed by atoms with Crippen molar-refractivity contribution in [3.63, 3.8) is 0 Å². The molecule has 9 nitrogen and oxygen atoms in total. The number of methoxy groups -OCH3 is 1. The fourth-order valence-corrected chi connectivity index (χ4v) is 5.67. The number of carbonyl (C=O) groups is 3. The van der Waals surface area contributed by atoms with E-state index in [0.717, 1.165) is 17.7 Å². The summed E-state index contributed by atoms with van der Waals surface area (Å²) in [6, 6.07) is 10.1. The van der Waals surface area contributed by atoms with E-state index in [2.05, 4.69) is 0 Å². The first kappa shape index (κ1) is 33.1. The van der Waals surface area contributed by atoms with Gasteiger partial charge in [-0.2, -0.15) is 13.2 Å². The van der Waals surface area contributed by atoms with Crippen LogP contribution in [0, 0.1) is 0 Å². The fourth-order valence-electron chi connectivity index (χ4n) is 5.67. The molecule has 0 spiro atoms. The molecule has 1 saturated heterocycles. The van der Waals surface area contributed by atoms with E-state index in [1.807, 2.05) is 30.3 Å². The number of rotatable bonds is 10. The lowest BCUT2D eigenvalue weighted by molar-refractivity contribution is -0.138. The zero-order valence-electron chi connectivity index (χ0n) is 25.8. The second-order valence-electron chi connectivity index (χ2n) is 11.9. The Kier molecular flexibility index (Phi) is 10.1. The highest BCUT2D eigenvalue weighted by Gasteiger charge is 2.45. The predicted molar refractivity (Wildman–Crippen MR) is 158 cm³/mol. The van der Waals surface area contributed by atoms with E-state index in [1.165, 1.54) is 28.5 Å². The van der Waals surface area contributed by atoms with Gasteiger partial charge in [-0.15, -0.1) is 0 Å². The van der Waals surface area contributed by atoms with E-state index >= 15 is 0 Å². The molecular formula is C32H40F3N3O6. The molecule has 3 amide bonds. The maximum Gasteiger partial charge on any atom is 0.417 e. The second-order valence-corrected chi connectivity index (χ2v) is 11.9. The van der Waals surface area contributed by atoms with Gasteiger partial charge in [-0.05, 0) is 64.7 Å². The molecule has 0 saturated carbocycles. The van der Waals surface area contributed by atoms with Crippen LogP contribution in [-0.2, 0) is 27.1 Å². The number of halogens is 3. The van der Waals surface area contributed by atoms with Crippen molar-refractivity contribution in [3.05, 3.63) is 59.2 Å². The van der Waals surface area contributed by atoms with Crippen molar-refractivity contribution in [1.29, 1.82) is 0 Å². The fraction of sp³-hybridized carbons (Fsp3) is 0.531. The molecular weight excluding hydrogens is 579 g/mol. The van der Waals surface area contributed by atoms with E-state index in [1.54, 1.807) is 21.0 Å². The summed E-state index contributed by atoms with van der Waals surface area (Å²) in [5.41, 5.74) is -2.18. The van der Waals surface area contributed by atoms with E-state index < -0.39 is 52.9 Å². The Labute approximate surface area is 255 Å². The first-order valence-corrected chi connectivity index (χ1v) is 14.8. The largest absolute Gasteiger partial charge is 0.476 e. The van der Waals surface area contributed by atoms with E-state index in [0.29, 0.717) is 25.9 Å². The summed E-state index contributed by atoms with van der Waals surface area (Å²) in [5.74, 6) is -1.37. The average Bonchev–Trinajstić information content (AvgIpc) is 3.44. The van der Waals surface area contributed by atoms with Gasteiger partial charge in [-0.3, -0.25) is 9.59 Å². The highest BCUT2D eigenvalue weighted by molar-refractivity contribution is 6.05. The van der Waals surface area contributed by atoms with Crippen LogP contribution < -0.4 is 9.64 Å². The highest BCUT2D eigenvalue weighted by atomic mass is 19.4. The number of alkyl halides is 3. The first-order valence-electron chi connectivity index (χ1n) is 14.8. The molecule has 2 aliphatic heterocycles. The van der Waals surface area contributed by atoms with Gasteiger partial charge in [0.05, 0.1) is 22.9 Å². The van der Waals surface area contributed by atoms with Crippen molar-refractivity contribution in [2.24, 2.45) is 0 Å². The number of ether oxygens (including phenoxy) is 3. The molecule has 240 valence electrons. The molecule has 1 atom stereocenters. The molecule has 1 unspecified atom stereocenters. The Morgan fingerprint density at radius 2 is 1.84 bits per heavy atom. The van der Waals surface area contributed by atoms with Gasteiger partial charge in [0, 0.05) is 39.4 Å². The Morgan fingerprint density at radius 3 is 2.48 bits per heavy atom. The summed E-state index contributed by atoms with van der Waals surface area (Å²) in [4.78, 5) is 44.4. The minimum atomic E-state index is -4.87. The zero-order valence-corrected chi connectivity index (χ0v) is 25.8. The van der Waals surface area contributed by atoms with Gasteiger partial charge in [-0.1, -0.05) is 30.3 Å². The van der Waals surface area contributed by atoms with Gasteiger partial charge < -0.3 is 28.9 Å². The van der Waals surface area contributed by atoms with Crippen molar-refractivity contribution in [2.75, 3.05) is 38.3 Å². The van der Waals surface area contributed by atoms with Crippen LogP contribution in [0.25, 0.3) is 0 Å². The lowest BCUT2D eigenvalue weighted by atomic mass is 9.97. The third kappa shape index (κ3) is 7.28. The summed E-state index contributed by atoms with van der Waals surface area (Å²) < 4.78 is 59.7. The highest BCUT2D eigenvalue weighted by Crippen LogP contribution is 2.44. The number of hydrogen-bond acceptors (Lipinski definition) is 6. The van der Waals surface area contributed by atoms with Gasteiger partial charge in [0.15, 0.2) is 5.60 Å². The molecule has 2 aliphatic rings. The molecule has 1 fully saturated rings. The minimum absolute atomic E-state index is 0.0807. The van der Waals surface area contributed by atoms with Crippen molar-refractivity contribution >= 4 is 23.6 Å². The molecule has 2 heterocycles. The van der Waals surface area contributed by atoms with E-state index in [-0.39, 0.29) is 37.7 Å². The van der Waals surface area contributed by atoms with Crippen molar-refractivity contribution < 1.29 is 41.8 Å². The van der Waals surface area contributed by atoms with Crippen molar-refractivity contribution in [1.82, 2.24) is 9.80 Å². The first-order chi connectivity index (χ1) is 20.7. The summed E-state index contributed by atoms with van der Waals surface area (Å²) in [7, 11) is 1.56. The smallest absolute Gasteiger partial charge is 0.417 e. The maximum atomic E-state index is 14.5. The monoisotopic (exact) mass is 619 g/mol. The Hall–Kier alpha value is -3.80. The van der Waals surface area contributed by atoms with Gasteiger partial charge in [0.2, 0.25) is 0 Å². The van der Waals surface area contributed by atoms with Crippen molar-refractivity contribution in [2.45, 2.75) is 77.4 Å². The molecule has 0 bridgehead atoms. The van der Waals surface area contributed by atoms with Crippen molar-refractivity contribution in [3.8, 4) is 5.75 Å². The van der Waals surface area contributed by atoms with Crippen LogP contribution in [0.3, 0.4) is 0 Å². The standard InChI is InChI=1S/C32H40F3N3O6/c1-21(2)38(23-13-15-36(19-23)30(41)43-20-22-11-7-6-8-12-22)28(39)24-17-26-27(18-25(24)32(33,34)35)44-31(3,4)29(40)37(26)14-9-10-16-42-5/h6-8,11-12,17-18,21,23H,9-10,13-16,19-20H2,1-5H3. The number of benzene rings is 2. The Bertz CT molecular complexity index is 1350. The number of likely N-dealkylation sites (tertiary alicyclic amines) is 1. The molecule has 4 rings (SSSR count). The third-order valence-corrected chi connectivity index (χ3v) is 7.84. The molecule has 0 aliphatic carbocycles. The SMILES string of the molecule is COCCCCN1C(=O)C(C)(C)Oc2cc(C(F)(F)F)c(C(=O)N(C(C)C)C3CCN(C(=O)OCc4ccccc4)C3)cc21. The summed E-state index contributed by atoms with van der Waals surface area (Å²) in [5, 5.41) is 0. The third-order valence-electron chi connectivity index (χ3n) is 7.84. The van der Waals surface area contributed by atoms with Crippen LogP contribution in [0.5, 0.6) is 5.75 Å². The number of fused-ring (bicyclic) bond motifs is 1. The van der Waals surface area contributed by atoms with Crippen LogP contribution in [-0.4, -0.2) is 78.7 Å². The molecule has 0 aromatic heterocycles. The molecule has 44 heavy (non-hydrogen) atoms. The molecule has 2 aromatic rings. The number of carbonyl (C=O) groups excluding carboxylic acids is 3. The lowest BCUT2D eigenvalue weighted by Gasteiger charge is -2.40.